The highest BCUT2D eigenvalue weighted by Gasteiger charge is 2.39. The molecule has 0 radical (unpaired) electrons. The highest BCUT2D eigenvalue weighted by atomic mass is 35.5. The van der Waals surface area contributed by atoms with E-state index < -0.39 is 0 Å². The van der Waals surface area contributed by atoms with Crippen LogP contribution in [0.3, 0.4) is 0 Å². The van der Waals surface area contributed by atoms with Crippen molar-refractivity contribution in [3.8, 4) is 0 Å². The van der Waals surface area contributed by atoms with Crippen molar-refractivity contribution in [2.75, 3.05) is 5.73 Å². The van der Waals surface area contributed by atoms with Crippen LogP contribution < -0.4 is 11.1 Å². The molecule has 3 N–H and O–H groups in total. The Morgan fingerprint density at radius 1 is 1.40 bits per heavy atom. The van der Waals surface area contributed by atoms with E-state index in [1.165, 1.54) is 5.57 Å². The maximum absolute atomic E-state index is 11.7. The van der Waals surface area contributed by atoms with E-state index in [9.17, 15) is 4.79 Å². The second kappa shape index (κ2) is 5.23. The van der Waals surface area contributed by atoms with Crippen LogP contribution in [0, 0.1) is 0 Å². The predicted molar refractivity (Wildman–Crippen MR) is 81.7 cm³/mol. The van der Waals surface area contributed by atoms with Crippen LogP contribution in [-0.2, 0) is 4.79 Å². The number of Topliss-reactive ketones (excluding diaryl/α,β-unsaturated/α-hetero) is 1. The number of carbonyl (C=O) groups excluding carboxylic acids is 1. The number of nitrogen functional groups attached to an aromatic ring is 1. The number of anilines is 1. The van der Waals surface area contributed by atoms with E-state index in [0.717, 1.165) is 41.1 Å². The second-order valence-electron chi connectivity index (χ2n) is 5.74. The van der Waals surface area contributed by atoms with Gasteiger partial charge in [0.2, 0.25) is 0 Å². The predicted octanol–water partition coefficient (Wildman–Crippen LogP) is 3.39. The van der Waals surface area contributed by atoms with Gasteiger partial charge in [0.25, 0.3) is 0 Å². The van der Waals surface area contributed by atoms with E-state index >= 15 is 0 Å². The van der Waals surface area contributed by atoms with Crippen LogP contribution in [0.5, 0.6) is 0 Å². The van der Waals surface area contributed by atoms with Gasteiger partial charge in [-0.2, -0.15) is 0 Å². The smallest absolute Gasteiger partial charge is 0.158 e. The van der Waals surface area contributed by atoms with Crippen molar-refractivity contribution < 1.29 is 4.79 Å². The van der Waals surface area contributed by atoms with Gasteiger partial charge in [-0.3, -0.25) is 4.79 Å². The van der Waals surface area contributed by atoms with Gasteiger partial charge in [-0.25, -0.2) is 0 Å². The lowest BCUT2D eigenvalue weighted by atomic mass is 9.88. The molecule has 0 bridgehead atoms. The third-order valence-electron chi connectivity index (χ3n) is 4.34. The molecule has 0 aromatic heterocycles. The molecule has 2 unspecified atom stereocenters. The Bertz CT molecular complexity index is 594. The number of benzene rings is 1. The fourth-order valence-corrected chi connectivity index (χ4v) is 3.25. The van der Waals surface area contributed by atoms with Crippen molar-refractivity contribution in [1.29, 1.82) is 0 Å². The van der Waals surface area contributed by atoms with E-state index in [0.29, 0.717) is 18.2 Å². The molecule has 106 valence electrons. The van der Waals surface area contributed by atoms with Crippen LogP contribution in [0.1, 0.15) is 44.2 Å². The molecular formula is C16H19ClN2O. The van der Waals surface area contributed by atoms with Gasteiger partial charge in [-0.1, -0.05) is 17.2 Å². The normalized spacial score (nSPS) is 26.0. The lowest BCUT2D eigenvalue weighted by molar-refractivity contribution is -0.116. The molecule has 1 fully saturated rings. The van der Waals surface area contributed by atoms with Crippen molar-refractivity contribution in [3.05, 3.63) is 39.9 Å². The minimum atomic E-state index is 0.267. The Labute approximate surface area is 124 Å². The van der Waals surface area contributed by atoms with Gasteiger partial charge in [0.05, 0.1) is 0 Å². The highest BCUT2D eigenvalue weighted by molar-refractivity contribution is 6.31. The van der Waals surface area contributed by atoms with Crippen molar-refractivity contribution in [3.63, 3.8) is 0 Å². The van der Waals surface area contributed by atoms with Crippen molar-refractivity contribution >= 4 is 23.1 Å². The minimum absolute atomic E-state index is 0.267. The number of rotatable bonds is 3. The van der Waals surface area contributed by atoms with Crippen LogP contribution in [0.25, 0.3) is 0 Å². The number of carbonyl (C=O) groups is 1. The topological polar surface area (TPSA) is 65.0 Å². The summed E-state index contributed by atoms with van der Waals surface area (Å²) >= 11 is 6.23. The summed E-state index contributed by atoms with van der Waals surface area (Å²) in [6.07, 6.45) is 3.68. The van der Waals surface area contributed by atoms with Crippen molar-refractivity contribution in [2.45, 2.75) is 44.7 Å². The van der Waals surface area contributed by atoms with Crippen molar-refractivity contribution in [2.24, 2.45) is 0 Å². The molecule has 20 heavy (non-hydrogen) atoms. The highest BCUT2D eigenvalue weighted by Crippen LogP contribution is 2.40. The molecule has 1 aromatic carbocycles. The van der Waals surface area contributed by atoms with E-state index in [4.69, 9.17) is 17.3 Å². The van der Waals surface area contributed by atoms with Gasteiger partial charge in [0.15, 0.2) is 5.78 Å². The lowest BCUT2D eigenvalue weighted by Crippen LogP contribution is -2.11. The summed E-state index contributed by atoms with van der Waals surface area (Å²) < 4.78 is 0. The fraction of sp³-hybridized carbons (Fsp3) is 0.438. The molecule has 0 spiro atoms. The zero-order valence-electron chi connectivity index (χ0n) is 11.6. The molecule has 4 heteroatoms. The number of halogens is 1. The molecule has 0 saturated carbocycles. The van der Waals surface area contributed by atoms with Gasteiger partial charge >= 0.3 is 0 Å². The second-order valence-corrected chi connectivity index (χ2v) is 6.15. The molecular weight excluding hydrogens is 272 g/mol. The number of hydrogen-bond donors (Lipinski definition) is 2. The van der Waals surface area contributed by atoms with E-state index in [1.807, 2.05) is 25.1 Å². The van der Waals surface area contributed by atoms with Gasteiger partial charge < -0.3 is 11.1 Å². The van der Waals surface area contributed by atoms with Crippen LogP contribution in [0.2, 0.25) is 5.02 Å². The van der Waals surface area contributed by atoms with E-state index in [1.54, 1.807) is 0 Å². The Hall–Kier alpha value is -1.32. The lowest BCUT2D eigenvalue weighted by Gasteiger charge is -2.16. The van der Waals surface area contributed by atoms with Crippen LogP contribution in [-0.4, -0.2) is 11.8 Å². The molecule has 2 aliphatic rings. The largest absolute Gasteiger partial charge is 0.399 e. The third-order valence-corrected chi connectivity index (χ3v) is 4.68. The van der Waals surface area contributed by atoms with Gasteiger partial charge in [-0.05, 0) is 55.5 Å². The molecule has 0 amide bonds. The average Bonchev–Trinajstić information content (AvgIpc) is 3.17. The van der Waals surface area contributed by atoms with Gasteiger partial charge in [0.1, 0.15) is 0 Å². The summed E-state index contributed by atoms with van der Waals surface area (Å²) in [7, 11) is 0. The number of ketones is 1. The summed E-state index contributed by atoms with van der Waals surface area (Å²) in [5, 5.41) is 4.20. The Morgan fingerprint density at radius 2 is 2.20 bits per heavy atom. The summed E-state index contributed by atoms with van der Waals surface area (Å²) in [6.45, 7) is 1.96. The molecule has 1 aliphatic carbocycles. The third kappa shape index (κ3) is 2.60. The summed E-state index contributed by atoms with van der Waals surface area (Å²) in [5.41, 5.74) is 9.91. The van der Waals surface area contributed by atoms with Crippen LogP contribution >= 0.6 is 11.6 Å². The first kappa shape index (κ1) is 13.7. The van der Waals surface area contributed by atoms with Crippen LogP contribution in [0.4, 0.5) is 5.69 Å². The Morgan fingerprint density at radius 3 is 3.00 bits per heavy atom. The van der Waals surface area contributed by atoms with E-state index in [2.05, 4.69) is 5.32 Å². The van der Waals surface area contributed by atoms with Gasteiger partial charge in [0, 0.05) is 29.2 Å². The SMILES string of the molecule is CC1=C(CC2NC2c2cc(N)ccc2Cl)CCCC1=O. The zero-order chi connectivity index (χ0) is 14.3. The minimum Gasteiger partial charge on any atom is -0.399 e. The summed E-state index contributed by atoms with van der Waals surface area (Å²) in [6, 6.07) is 6.24. The number of hydrogen-bond acceptors (Lipinski definition) is 3. The maximum Gasteiger partial charge on any atom is 0.158 e. The summed E-state index contributed by atoms with van der Waals surface area (Å²) in [4.78, 5) is 11.7. The Balaban J connectivity index is 1.72. The quantitative estimate of drug-likeness (QED) is 0.662. The summed E-state index contributed by atoms with van der Waals surface area (Å²) in [5.74, 6) is 0.311. The number of nitrogens with one attached hydrogen (secondary N) is 1. The zero-order valence-corrected chi connectivity index (χ0v) is 12.3. The monoisotopic (exact) mass is 290 g/mol. The molecule has 3 rings (SSSR count). The first-order valence-electron chi connectivity index (χ1n) is 7.09. The molecule has 2 atom stereocenters. The van der Waals surface area contributed by atoms with Crippen LogP contribution in [0.15, 0.2) is 29.3 Å². The molecule has 1 saturated heterocycles. The maximum atomic E-state index is 11.7. The average molecular weight is 291 g/mol. The first-order chi connectivity index (χ1) is 9.56. The van der Waals surface area contributed by atoms with E-state index in [-0.39, 0.29) is 6.04 Å². The standard InChI is InChI=1S/C16H19ClN2O/c1-9-10(3-2-4-15(9)20)7-14-16(19-14)12-8-11(18)5-6-13(12)17/h5-6,8,14,16,19H,2-4,7,18H2,1H3. The number of allylic oxidation sites excluding steroid dienone is 1. The molecule has 1 heterocycles. The van der Waals surface area contributed by atoms with Crippen molar-refractivity contribution in [1.82, 2.24) is 5.32 Å². The van der Waals surface area contributed by atoms with Gasteiger partial charge in [-0.15, -0.1) is 0 Å². The first-order valence-corrected chi connectivity index (χ1v) is 7.47. The fourth-order valence-electron chi connectivity index (χ4n) is 3.01. The number of nitrogens with two attached hydrogens (primary N) is 1. The molecule has 3 nitrogen and oxygen atoms in total. The molecule has 1 aliphatic heterocycles. The molecule has 1 aromatic rings. The Kier molecular flexibility index (Phi) is 3.57.